The molecule has 0 saturated heterocycles. The summed E-state index contributed by atoms with van der Waals surface area (Å²) in [7, 11) is 0. The van der Waals surface area contributed by atoms with Gasteiger partial charge in [-0.15, -0.1) is 0 Å². The first-order valence-electron chi connectivity index (χ1n) is 11.2. The number of alkyl carbamates (subject to hydrolysis) is 1. The summed E-state index contributed by atoms with van der Waals surface area (Å²) in [5.74, 6) is -2.04. The van der Waals surface area contributed by atoms with Crippen LogP contribution in [0.15, 0.2) is 48.5 Å². The molecule has 0 bridgehead atoms. The van der Waals surface area contributed by atoms with E-state index < -0.39 is 35.5 Å². The maximum Gasteiger partial charge on any atom is 0.407 e. The van der Waals surface area contributed by atoms with Gasteiger partial charge in [0.25, 0.3) is 0 Å². The molecule has 33 heavy (non-hydrogen) atoms. The topological polar surface area (TPSA) is 105 Å². The van der Waals surface area contributed by atoms with Crippen molar-refractivity contribution in [3.05, 3.63) is 59.7 Å². The number of nitrogens with one attached hydrogen (secondary N) is 2. The lowest BCUT2D eigenvalue weighted by atomic mass is 9.86. The van der Waals surface area contributed by atoms with Crippen LogP contribution >= 0.6 is 0 Å². The average molecular weight is 453 g/mol. The molecular weight excluding hydrogens is 420 g/mol. The van der Waals surface area contributed by atoms with Crippen molar-refractivity contribution in [2.75, 3.05) is 6.61 Å². The highest BCUT2D eigenvalue weighted by molar-refractivity contribution is 5.89. The molecule has 0 saturated carbocycles. The number of benzene rings is 2. The molecule has 2 aromatic rings. The Kier molecular flexibility index (Phi) is 7.10. The van der Waals surface area contributed by atoms with Crippen LogP contribution < -0.4 is 10.6 Å². The number of aliphatic carboxylic acids is 1. The van der Waals surface area contributed by atoms with Gasteiger partial charge in [0.1, 0.15) is 18.7 Å². The van der Waals surface area contributed by atoms with Crippen molar-refractivity contribution in [3.8, 4) is 11.1 Å². The maximum atomic E-state index is 12.8. The monoisotopic (exact) mass is 452 g/mol. The summed E-state index contributed by atoms with van der Waals surface area (Å²) in [4.78, 5) is 37.1. The Morgan fingerprint density at radius 1 is 0.939 bits per heavy atom. The first-order valence-corrected chi connectivity index (χ1v) is 11.2. The van der Waals surface area contributed by atoms with Crippen molar-refractivity contribution >= 4 is 18.0 Å². The predicted octanol–water partition coefficient (Wildman–Crippen LogP) is 4.17. The molecule has 0 radical (unpaired) electrons. The number of carboxylic acids is 1. The fourth-order valence-corrected chi connectivity index (χ4v) is 4.18. The molecule has 1 unspecified atom stereocenters. The highest BCUT2D eigenvalue weighted by Gasteiger charge is 2.36. The number of carbonyl (C=O) groups excluding carboxylic acids is 2. The van der Waals surface area contributed by atoms with Gasteiger partial charge in [-0.25, -0.2) is 9.59 Å². The van der Waals surface area contributed by atoms with Crippen molar-refractivity contribution in [2.45, 2.75) is 52.6 Å². The van der Waals surface area contributed by atoms with E-state index in [0.717, 1.165) is 22.3 Å². The zero-order valence-electron chi connectivity index (χ0n) is 19.7. The summed E-state index contributed by atoms with van der Waals surface area (Å²) in [6, 6.07) is 14.1. The lowest BCUT2D eigenvalue weighted by Crippen LogP contribution is -2.57. The zero-order valence-corrected chi connectivity index (χ0v) is 19.7. The second-order valence-corrected chi connectivity index (χ2v) is 9.84. The molecule has 0 heterocycles. The number of hydrogen-bond donors (Lipinski definition) is 3. The first-order chi connectivity index (χ1) is 15.5. The normalized spacial score (nSPS) is 14.7. The van der Waals surface area contributed by atoms with Gasteiger partial charge in [0.05, 0.1) is 0 Å². The van der Waals surface area contributed by atoms with E-state index in [0.29, 0.717) is 0 Å². The minimum Gasteiger partial charge on any atom is -0.480 e. The molecule has 2 aromatic carbocycles. The number of carboxylic acid groups (broad SMARTS) is 1. The molecule has 2 amide bonds. The number of fused-ring (bicyclic) bond motifs is 3. The van der Waals surface area contributed by atoms with Crippen LogP contribution in [0.25, 0.3) is 11.1 Å². The van der Waals surface area contributed by atoms with Gasteiger partial charge in [0.2, 0.25) is 5.91 Å². The molecule has 2 atom stereocenters. The summed E-state index contributed by atoms with van der Waals surface area (Å²) < 4.78 is 5.54. The Morgan fingerprint density at radius 2 is 1.45 bits per heavy atom. The number of hydrogen-bond acceptors (Lipinski definition) is 4. The Balaban J connectivity index is 1.68. The van der Waals surface area contributed by atoms with Crippen LogP contribution in [0.4, 0.5) is 4.79 Å². The van der Waals surface area contributed by atoms with Gasteiger partial charge < -0.3 is 20.5 Å². The Bertz CT molecular complexity index is 995. The Labute approximate surface area is 194 Å². The van der Waals surface area contributed by atoms with Crippen molar-refractivity contribution in [3.63, 3.8) is 0 Å². The predicted molar refractivity (Wildman–Crippen MR) is 126 cm³/mol. The molecule has 176 valence electrons. The van der Waals surface area contributed by atoms with Crippen LogP contribution in [0, 0.1) is 11.3 Å². The first kappa shape index (κ1) is 24.3. The van der Waals surface area contributed by atoms with Gasteiger partial charge in [-0.1, -0.05) is 83.1 Å². The third-order valence-electron chi connectivity index (χ3n) is 5.97. The Hall–Kier alpha value is -3.35. The lowest BCUT2D eigenvalue weighted by molar-refractivity contribution is -0.145. The molecule has 1 aliphatic carbocycles. The van der Waals surface area contributed by atoms with Crippen LogP contribution in [0.5, 0.6) is 0 Å². The van der Waals surface area contributed by atoms with E-state index in [4.69, 9.17) is 4.74 Å². The lowest BCUT2D eigenvalue weighted by Gasteiger charge is -2.30. The van der Waals surface area contributed by atoms with Crippen molar-refractivity contribution < 1.29 is 24.2 Å². The minimum absolute atomic E-state index is 0.0910. The summed E-state index contributed by atoms with van der Waals surface area (Å²) in [5, 5.41) is 14.7. The average Bonchev–Trinajstić information content (AvgIpc) is 3.06. The summed E-state index contributed by atoms with van der Waals surface area (Å²) in [6.07, 6.45) is -0.714. The summed E-state index contributed by atoms with van der Waals surface area (Å²) in [6.45, 7) is 8.88. The van der Waals surface area contributed by atoms with E-state index in [2.05, 4.69) is 22.8 Å². The van der Waals surface area contributed by atoms with Gasteiger partial charge in [-0.2, -0.15) is 0 Å². The number of carbonyl (C=O) groups is 3. The van der Waals surface area contributed by atoms with E-state index in [1.165, 1.54) is 0 Å². The molecule has 0 aliphatic heterocycles. The van der Waals surface area contributed by atoms with E-state index in [-0.39, 0.29) is 18.4 Å². The smallest absolute Gasteiger partial charge is 0.407 e. The number of ether oxygens (including phenoxy) is 1. The minimum atomic E-state index is -1.13. The maximum absolute atomic E-state index is 12.8. The standard InChI is InChI=1S/C26H32N2O5/c1-15(2)21(23(29)28-22(24(30)31)26(3,4)5)27-25(32)33-14-20-18-12-8-6-10-16(18)17-11-7-9-13-19(17)20/h6-13,15,20-22H,14H2,1-5H3,(H,27,32)(H,28,29)(H,30,31)/t21-,22?/m1/s1. The van der Waals surface area contributed by atoms with Gasteiger partial charge in [-0.05, 0) is 33.6 Å². The Morgan fingerprint density at radius 3 is 1.91 bits per heavy atom. The zero-order chi connectivity index (χ0) is 24.3. The van der Waals surface area contributed by atoms with Gasteiger partial charge in [0.15, 0.2) is 0 Å². The van der Waals surface area contributed by atoms with Crippen LogP contribution in [0.2, 0.25) is 0 Å². The van der Waals surface area contributed by atoms with E-state index in [9.17, 15) is 19.5 Å². The summed E-state index contributed by atoms with van der Waals surface area (Å²) >= 11 is 0. The van der Waals surface area contributed by atoms with E-state index >= 15 is 0 Å². The van der Waals surface area contributed by atoms with Crippen LogP contribution in [-0.2, 0) is 14.3 Å². The SMILES string of the molecule is CC(C)[C@@H](NC(=O)OCC1c2ccccc2-c2ccccc21)C(=O)NC(C(=O)O)C(C)(C)C. The molecule has 7 nitrogen and oxygen atoms in total. The largest absolute Gasteiger partial charge is 0.480 e. The van der Waals surface area contributed by atoms with Crippen LogP contribution in [-0.4, -0.2) is 41.8 Å². The van der Waals surface area contributed by atoms with Gasteiger partial charge in [-0.3, -0.25) is 4.79 Å². The molecule has 3 N–H and O–H groups in total. The fraction of sp³-hybridized carbons (Fsp3) is 0.423. The van der Waals surface area contributed by atoms with Crippen molar-refractivity contribution in [1.29, 1.82) is 0 Å². The summed E-state index contributed by atoms with van der Waals surface area (Å²) in [5.41, 5.74) is 3.76. The van der Waals surface area contributed by atoms with Crippen LogP contribution in [0.1, 0.15) is 51.7 Å². The highest BCUT2D eigenvalue weighted by atomic mass is 16.5. The van der Waals surface area contributed by atoms with Crippen molar-refractivity contribution in [2.24, 2.45) is 11.3 Å². The van der Waals surface area contributed by atoms with Crippen molar-refractivity contribution in [1.82, 2.24) is 10.6 Å². The second-order valence-electron chi connectivity index (χ2n) is 9.84. The molecule has 1 aliphatic rings. The fourth-order valence-electron chi connectivity index (χ4n) is 4.18. The number of rotatable bonds is 7. The molecular formula is C26H32N2O5. The van der Waals surface area contributed by atoms with Gasteiger partial charge >= 0.3 is 12.1 Å². The quantitative estimate of drug-likeness (QED) is 0.585. The molecule has 0 fully saturated rings. The third-order valence-corrected chi connectivity index (χ3v) is 5.97. The third kappa shape index (κ3) is 5.35. The molecule has 3 rings (SSSR count). The van der Waals surface area contributed by atoms with Gasteiger partial charge in [0, 0.05) is 5.92 Å². The molecule has 0 aromatic heterocycles. The molecule has 0 spiro atoms. The van der Waals surface area contributed by atoms with Crippen LogP contribution in [0.3, 0.4) is 0 Å². The van der Waals surface area contributed by atoms with E-state index in [1.807, 2.05) is 36.4 Å². The highest BCUT2D eigenvalue weighted by Crippen LogP contribution is 2.44. The molecule has 7 heteroatoms. The second kappa shape index (κ2) is 9.65. The number of amides is 2. The van der Waals surface area contributed by atoms with E-state index in [1.54, 1.807) is 34.6 Å².